The number of nitro groups is 1. The number of allylic oxidation sites excluding steroid dienone is 1. The van der Waals surface area contributed by atoms with E-state index < -0.39 is 11.3 Å². The van der Waals surface area contributed by atoms with E-state index in [4.69, 9.17) is 14.9 Å². The van der Waals surface area contributed by atoms with Crippen molar-refractivity contribution in [3.63, 3.8) is 0 Å². The number of hydrazine groups is 1. The number of furan rings is 1. The molecule has 0 bridgehead atoms. The topological polar surface area (TPSA) is 107 Å². The summed E-state index contributed by atoms with van der Waals surface area (Å²) in [7, 11) is 0. The first-order valence-corrected chi connectivity index (χ1v) is 6.84. The number of nitrogens with zero attached hydrogens (tertiary/aromatic N) is 3. The molecule has 0 saturated carbocycles. The van der Waals surface area contributed by atoms with E-state index in [1.807, 2.05) is 30.3 Å². The zero-order valence-electron chi connectivity index (χ0n) is 12.0. The summed E-state index contributed by atoms with van der Waals surface area (Å²) < 4.78 is 10.8. The fourth-order valence-electron chi connectivity index (χ4n) is 2.12. The van der Waals surface area contributed by atoms with E-state index in [2.05, 4.69) is 4.99 Å². The molecule has 2 N–H and O–H groups in total. The first kappa shape index (κ1) is 14.8. The van der Waals surface area contributed by atoms with E-state index in [0.29, 0.717) is 16.5 Å². The molecule has 1 aliphatic rings. The van der Waals surface area contributed by atoms with Gasteiger partial charge < -0.3 is 9.15 Å². The smallest absolute Gasteiger partial charge is 0.259 e. The molecule has 0 radical (unpaired) electrons. The van der Waals surface area contributed by atoms with Crippen molar-refractivity contribution in [2.75, 3.05) is 0 Å². The van der Waals surface area contributed by atoms with E-state index in [-0.39, 0.29) is 12.5 Å². The predicted octanol–water partition coefficient (Wildman–Crippen LogP) is 1.88. The van der Waals surface area contributed by atoms with Crippen molar-refractivity contribution in [3.8, 4) is 0 Å². The van der Waals surface area contributed by atoms with E-state index in [0.717, 1.165) is 5.56 Å². The van der Waals surface area contributed by atoms with Crippen LogP contribution in [0.25, 0.3) is 0 Å². The molecule has 1 unspecified atom stereocenters. The highest BCUT2D eigenvalue weighted by Gasteiger charge is 2.34. The van der Waals surface area contributed by atoms with Gasteiger partial charge in [0.1, 0.15) is 12.3 Å². The molecular formula is C15H14N4O4. The molecule has 118 valence electrons. The van der Waals surface area contributed by atoms with Gasteiger partial charge in [-0.1, -0.05) is 30.3 Å². The second-order valence-corrected chi connectivity index (χ2v) is 4.74. The van der Waals surface area contributed by atoms with Gasteiger partial charge in [0.2, 0.25) is 6.29 Å². The van der Waals surface area contributed by atoms with Gasteiger partial charge in [0.25, 0.3) is 5.88 Å². The average Bonchev–Trinajstić information content (AvgIpc) is 3.07. The molecule has 2 heterocycles. The molecular weight excluding hydrogens is 300 g/mol. The third-order valence-corrected chi connectivity index (χ3v) is 3.19. The number of aliphatic imine (C=N–C) groups is 1. The molecule has 0 fully saturated rings. The molecule has 0 saturated heterocycles. The highest BCUT2D eigenvalue weighted by Crippen LogP contribution is 2.20. The molecule has 0 spiro atoms. The molecule has 1 aromatic heterocycles. The lowest BCUT2D eigenvalue weighted by Gasteiger charge is -2.24. The van der Waals surface area contributed by atoms with Crippen molar-refractivity contribution in [1.82, 2.24) is 5.01 Å². The Morgan fingerprint density at radius 3 is 2.74 bits per heavy atom. The largest absolute Gasteiger partial charge is 0.470 e. The molecule has 2 aromatic rings. The Balaban J connectivity index is 1.85. The van der Waals surface area contributed by atoms with E-state index in [1.165, 1.54) is 12.3 Å². The van der Waals surface area contributed by atoms with Gasteiger partial charge >= 0.3 is 0 Å². The number of nitrogens with two attached hydrogens (primary N) is 1. The van der Waals surface area contributed by atoms with Crippen molar-refractivity contribution < 1.29 is 14.2 Å². The lowest BCUT2D eigenvalue weighted by molar-refractivity contribution is -0.659. The number of hydrogen-bond donors (Lipinski definition) is 1. The van der Waals surface area contributed by atoms with Crippen LogP contribution < -0.4 is 5.73 Å². The van der Waals surface area contributed by atoms with Crippen LogP contribution in [0.3, 0.4) is 0 Å². The molecule has 8 nitrogen and oxygen atoms in total. The standard InChI is InChI=1S/C15H14N4O4/c16-15-17-12(13-7-4-8-22-13)9-14(18(15)19(20)21)23-10-11-5-2-1-3-6-11/h1-9,15H,10,16H2. The van der Waals surface area contributed by atoms with Crippen molar-refractivity contribution >= 4 is 5.71 Å². The molecule has 1 atom stereocenters. The lowest BCUT2D eigenvalue weighted by Crippen LogP contribution is -2.47. The predicted molar refractivity (Wildman–Crippen MR) is 81.4 cm³/mol. The summed E-state index contributed by atoms with van der Waals surface area (Å²) in [5.41, 5.74) is 7.04. The molecule has 1 aliphatic heterocycles. The second-order valence-electron chi connectivity index (χ2n) is 4.74. The summed E-state index contributed by atoms with van der Waals surface area (Å²) in [4.78, 5) is 15.3. The van der Waals surface area contributed by atoms with Crippen molar-refractivity contribution in [2.45, 2.75) is 12.9 Å². The van der Waals surface area contributed by atoms with Crippen LogP contribution in [-0.4, -0.2) is 22.0 Å². The SMILES string of the molecule is NC1N=C(c2ccco2)C=C(OCc2ccccc2)N1[N+](=O)[O-]. The van der Waals surface area contributed by atoms with E-state index in [1.54, 1.807) is 12.1 Å². The van der Waals surface area contributed by atoms with E-state index >= 15 is 0 Å². The fraction of sp³-hybridized carbons (Fsp3) is 0.133. The van der Waals surface area contributed by atoms with Crippen LogP contribution in [0.4, 0.5) is 0 Å². The molecule has 23 heavy (non-hydrogen) atoms. The quantitative estimate of drug-likeness (QED) is 0.667. The molecule has 0 amide bonds. The Kier molecular flexibility index (Phi) is 4.07. The molecule has 8 heteroatoms. The van der Waals surface area contributed by atoms with E-state index in [9.17, 15) is 10.1 Å². The van der Waals surface area contributed by atoms with Crippen LogP contribution >= 0.6 is 0 Å². The lowest BCUT2D eigenvalue weighted by atomic mass is 10.2. The van der Waals surface area contributed by atoms with Gasteiger partial charge in [-0.15, -0.1) is 0 Å². The van der Waals surface area contributed by atoms with Crippen molar-refractivity contribution in [3.05, 3.63) is 82.1 Å². The van der Waals surface area contributed by atoms with Crippen LogP contribution in [0.15, 0.2) is 70.1 Å². The number of rotatable bonds is 5. The zero-order valence-corrected chi connectivity index (χ0v) is 12.0. The van der Waals surface area contributed by atoms with Gasteiger partial charge in [0.05, 0.1) is 6.26 Å². The summed E-state index contributed by atoms with van der Waals surface area (Å²) in [5.74, 6) is 0.469. The normalized spacial score (nSPS) is 17.4. The maximum Gasteiger partial charge on any atom is 0.259 e. The summed E-state index contributed by atoms with van der Waals surface area (Å²) >= 11 is 0. The number of ether oxygens (including phenoxy) is 1. The minimum Gasteiger partial charge on any atom is -0.470 e. The van der Waals surface area contributed by atoms with Crippen LogP contribution in [0.2, 0.25) is 0 Å². The van der Waals surface area contributed by atoms with Crippen LogP contribution in [-0.2, 0) is 11.3 Å². The minimum atomic E-state index is -1.19. The van der Waals surface area contributed by atoms with Crippen molar-refractivity contribution in [2.24, 2.45) is 10.7 Å². The minimum absolute atomic E-state index is 0.00718. The Labute approximate surface area is 131 Å². The fourth-order valence-corrected chi connectivity index (χ4v) is 2.12. The maximum atomic E-state index is 11.2. The second kappa shape index (κ2) is 6.32. The number of hydrogen-bond acceptors (Lipinski definition) is 6. The van der Waals surface area contributed by atoms with Gasteiger partial charge in [-0.2, -0.15) is 0 Å². The Hall–Kier alpha value is -3.13. The highest BCUT2D eigenvalue weighted by molar-refractivity contribution is 6.07. The Bertz CT molecular complexity index is 740. The van der Waals surface area contributed by atoms with Gasteiger partial charge in [-0.25, -0.2) is 15.1 Å². The first-order chi connectivity index (χ1) is 11.1. The van der Waals surface area contributed by atoms with Gasteiger partial charge in [0, 0.05) is 6.08 Å². The molecule has 1 aromatic carbocycles. The highest BCUT2D eigenvalue weighted by atomic mass is 16.7. The van der Waals surface area contributed by atoms with Gasteiger partial charge in [0.15, 0.2) is 10.8 Å². The zero-order chi connectivity index (χ0) is 16.2. The summed E-state index contributed by atoms with van der Waals surface area (Å²) in [6.07, 6.45) is 1.73. The Morgan fingerprint density at radius 1 is 1.30 bits per heavy atom. The van der Waals surface area contributed by atoms with Crippen LogP contribution in [0.1, 0.15) is 11.3 Å². The third-order valence-electron chi connectivity index (χ3n) is 3.19. The maximum absolute atomic E-state index is 11.2. The van der Waals surface area contributed by atoms with Gasteiger partial charge in [-0.3, -0.25) is 5.73 Å². The summed E-state index contributed by atoms with van der Waals surface area (Å²) in [6, 6.07) is 12.7. The van der Waals surface area contributed by atoms with Crippen LogP contribution in [0, 0.1) is 10.1 Å². The van der Waals surface area contributed by atoms with Crippen molar-refractivity contribution in [1.29, 1.82) is 0 Å². The first-order valence-electron chi connectivity index (χ1n) is 6.84. The summed E-state index contributed by atoms with van der Waals surface area (Å²) in [6.45, 7) is 0.176. The third kappa shape index (κ3) is 3.22. The summed E-state index contributed by atoms with van der Waals surface area (Å²) in [5, 5.41) is 11.2. The Morgan fingerprint density at radius 2 is 2.09 bits per heavy atom. The van der Waals surface area contributed by atoms with Gasteiger partial charge in [-0.05, 0) is 22.7 Å². The monoisotopic (exact) mass is 314 g/mol. The molecule has 3 rings (SSSR count). The number of benzene rings is 1. The molecule has 0 aliphatic carbocycles. The average molecular weight is 314 g/mol. The van der Waals surface area contributed by atoms with Crippen LogP contribution in [0.5, 0.6) is 0 Å².